The largest absolute Gasteiger partial charge is 0.418 e. The fraction of sp³-hybridized carbons (Fsp3) is 0.300. The molecule has 17 heavy (non-hydrogen) atoms. The zero-order valence-corrected chi connectivity index (χ0v) is 8.44. The van der Waals surface area contributed by atoms with Crippen molar-refractivity contribution in [1.29, 1.82) is 5.26 Å². The average molecular weight is 246 g/mol. The van der Waals surface area contributed by atoms with Crippen LogP contribution in [0.2, 0.25) is 0 Å². The molecule has 4 nitrogen and oxygen atoms in total. The summed E-state index contributed by atoms with van der Waals surface area (Å²) in [6.45, 7) is 0. The Morgan fingerprint density at radius 2 is 1.88 bits per heavy atom. The number of nitriles is 1. The van der Waals surface area contributed by atoms with Crippen molar-refractivity contribution in [2.24, 2.45) is 0 Å². The second-order valence-electron chi connectivity index (χ2n) is 3.36. The Hall–Kier alpha value is -1.78. The molecule has 1 aromatic rings. The third kappa shape index (κ3) is 2.87. The minimum atomic E-state index is -4.66. The topological polar surface area (TPSA) is 90.3 Å². The van der Waals surface area contributed by atoms with Gasteiger partial charge in [0.25, 0.3) is 0 Å². The van der Waals surface area contributed by atoms with E-state index in [9.17, 15) is 18.3 Å². The monoisotopic (exact) mass is 246 g/mol. The van der Waals surface area contributed by atoms with Crippen molar-refractivity contribution in [2.45, 2.75) is 18.4 Å². The van der Waals surface area contributed by atoms with E-state index in [0.717, 1.165) is 12.1 Å². The van der Waals surface area contributed by atoms with Crippen molar-refractivity contribution in [3.8, 4) is 6.07 Å². The van der Waals surface area contributed by atoms with E-state index in [-0.39, 0.29) is 5.56 Å². The molecule has 92 valence electrons. The van der Waals surface area contributed by atoms with E-state index >= 15 is 0 Å². The fourth-order valence-corrected chi connectivity index (χ4v) is 1.26. The highest BCUT2D eigenvalue weighted by Gasteiger charge is 2.34. The van der Waals surface area contributed by atoms with E-state index < -0.39 is 29.6 Å². The molecule has 1 rings (SSSR count). The number of halogens is 3. The maximum absolute atomic E-state index is 12.5. The number of alkyl halides is 3. The standard InChI is InChI=1S/C10H9F3N2O2/c11-10(12,13)6-3-5(1-2-7(6)15)9(17)8(16)4-14/h1-3,8-9,16-17H,15H2. The van der Waals surface area contributed by atoms with Crippen LogP contribution in [0.1, 0.15) is 17.2 Å². The first-order valence-corrected chi connectivity index (χ1v) is 4.49. The molecule has 0 aliphatic heterocycles. The lowest BCUT2D eigenvalue weighted by molar-refractivity contribution is -0.137. The second kappa shape index (κ2) is 4.61. The van der Waals surface area contributed by atoms with E-state index in [1.165, 1.54) is 6.07 Å². The molecule has 0 saturated carbocycles. The van der Waals surface area contributed by atoms with Gasteiger partial charge in [-0.25, -0.2) is 0 Å². The third-order valence-electron chi connectivity index (χ3n) is 2.16. The number of nitrogen functional groups attached to an aromatic ring is 1. The number of hydrogen-bond acceptors (Lipinski definition) is 4. The van der Waals surface area contributed by atoms with Crippen LogP contribution in [-0.2, 0) is 6.18 Å². The number of anilines is 1. The van der Waals surface area contributed by atoms with Crippen LogP contribution in [0.5, 0.6) is 0 Å². The molecule has 1 aromatic carbocycles. The van der Waals surface area contributed by atoms with E-state index in [0.29, 0.717) is 6.07 Å². The van der Waals surface area contributed by atoms with Gasteiger partial charge in [-0.3, -0.25) is 0 Å². The normalized spacial score (nSPS) is 15.1. The lowest BCUT2D eigenvalue weighted by atomic mass is 10.0. The summed E-state index contributed by atoms with van der Waals surface area (Å²) in [5.41, 5.74) is 3.34. The van der Waals surface area contributed by atoms with Crippen LogP contribution in [0.15, 0.2) is 18.2 Å². The van der Waals surface area contributed by atoms with Crippen molar-refractivity contribution >= 4 is 5.69 Å². The summed E-state index contributed by atoms with van der Waals surface area (Å²) >= 11 is 0. The number of nitrogens with two attached hydrogens (primary N) is 1. The highest BCUT2D eigenvalue weighted by Crippen LogP contribution is 2.35. The van der Waals surface area contributed by atoms with Crippen molar-refractivity contribution in [1.82, 2.24) is 0 Å². The van der Waals surface area contributed by atoms with Gasteiger partial charge in [0.2, 0.25) is 0 Å². The van der Waals surface area contributed by atoms with E-state index in [1.54, 1.807) is 0 Å². The molecule has 2 atom stereocenters. The third-order valence-corrected chi connectivity index (χ3v) is 2.16. The van der Waals surface area contributed by atoms with Crippen LogP contribution in [0, 0.1) is 11.3 Å². The molecule has 0 fully saturated rings. The molecule has 7 heteroatoms. The highest BCUT2D eigenvalue weighted by atomic mass is 19.4. The SMILES string of the molecule is N#CC(O)C(O)c1ccc(N)c(C(F)(F)F)c1. The first kappa shape index (κ1) is 13.3. The zero-order chi connectivity index (χ0) is 13.2. The van der Waals surface area contributed by atoms with Gasteiger partial charge >= 0.3 is 6.18 Å². The molecule has 0 heterocycles. The number of aliphatic hydroxyl groups excluding tert-OH is 2. The van der Waals surface area contributed by atoms with E-state index in [1.807, 2.05) is 0 Å². The fourth-order valence-electron chi connectivity index (χ4n) is 1.26. The summed E-state index contributed by atoms with van der Waals surface area (Å²) in [6, 6.07) is 4.03. The highest BCUT2D eigenvalue weighted by molar-refractivity contribution is 5.50. The maximum atomic E-state index is 12.5. The first-order valence-electron chi connectivity index (χ1n) is 4.49. The number of hydrogen-bond donors (Lipinski definition) is 3. The zero-order valence-electron chi connectivity index (χ0n) is 8.44. The molecule has 4 N–H and O–H groups in total. The van der Waals surface area contributed by atoms with Crippen molar-refractivity contribution < 1.29 is 23.4 Å². The molecule has 0 aliphatic carbocycles. The van der Waals surface area contributed by atoms with Gasteiger partial charge in [-0.2, -0.15) is 18.4 Å². The van der Waals surface area contributed by atoms with Gasteiger partial charge in [0.05, 0.1) is 11.6 Å². The number of aliphatic hydroxyl groups is 2. The van der Waals surface area contributed by atoms with Gasteiger partial charge in [-0.15, -0.1) is 0 Å². The predicted octanol–water partition coefficient (Wildman–Crippen LogP) is 1.21. The Bertz CT molecular complexity index is 454. The quantitative estimate of drug-likeness (QED) is 0.540. The lowest BCUT2D eigenvalue weighted by Crippen LogP contribution is -2.17. The molecule has 0 aromatic heterocycles. The molecule has 0 aliphatic rings. The van der Waals surface area contributed by atoms with Crippen LogP contribution in [0.3, 0.4) is 0 Å². The Labute approximate surface area is 94.7 Å². The number of benzene rings is 1. The van der Waals surface area contributed by atoms with Crippen molar-refractivity contribution in [3.63, 3.8) is 0 Å². The second-order valence-corrected chi connectivity index (χ2v) is 3.36. The van der Waals surface area contributed by atoms with Crippen molar-refractivity contribution in [3.05, 3.63) is 29.3 Å². The molecule has 2 unspecified atom stereocenters. The summed E-state index contributed by atoms with van der Waals surface area (Å²) in [5, 5.41) is 26.8. The maximum Gasteiger partial charge on any atom is 0.418 e. The van der Waals surface area contributed by atoms with Crippen LogP contribution in [0.4, 0.5) is 18.9 Å². The molecule has 0 amide bonds. The average Bonchev–Trinajstić information content (AvgIpc) is 2.26. The van der Waals surface area contributed by atoms with Crippen LogP contribution >= 0.6 is 0 Å². The van der Waals surface area contributed by atoms with Gasteiger partial charge in [0.1, 0.15) is 6.10 Å². The van der Waals surface area contributed by atoms with Crippen molar-refractivity contribution in [2.75, 3.05) is 5.73 Å². The molecule has 0 bridgehead atoms. The Balaban J connectivity index is 3.18. The van der Waals surface area contributed by atoms with E-state index in [4.69, 9.17) is 16.1 Å². The van der Waals surface area contributed by atoms with Gasteiger partial charge in [-0.05, 0) is 17.7 Å². The predicted molar refractivity (Wildman–Crippen MR) is 52.4 cm³/mol. The van der Waals surface area contributed by atoms with Gasteiger partial charge in [0, 0.05) is 5.69 Å². The molecular formula is C10H9F3N2O2. The summed E-state index contributed by atoms with van der Waals surface area (Å²) in [4.78, 5) is 0. The van der Waals surface area contributed by atoms with Crippen LogP contribution in [-0.4, -0.2) is 16.3 Å². The Kier molecular flexibility index (Phi) is 3.60. The smallest absolute Gasteiger partial charge is 0.398 e. The Morgan fingerprint density at radius 1 is 1.29 bits per heavy atom. The summed E-state index contributed by atoms with van der Waals surface area (Å²) in [5.74, 6) is 0. The van der Waals surface area contributed by atoms with Crippen LogP contribution in [0.25, 0.3) is 0 Å². The minimum Gasteiger partial charge on any atom is -0.398 e. The Morgan fingerprint density at radius 3 is 2.35 bits per heavy atom. The van der Waals surface area contributed by atoms with Gasteiger partial charge in [-0.1, -0.05) is 6.07 Å². The van der Waals surface area contributed by atoms with E-state index in [2.05, 4.69) is 0 Å². The van der Waals surface area contributed by atoms with Crippen LogP contribution < -0.4 is 5.73 Å². The molecule has 0 saturated heterocycles. The summed E-state index contributed by atoms with van der Waals surface area (Å²) in [7, 11) is 0. The molecular weight excluding hydrogens is 237 g/mol. The number of nitrogens with zero attached hydrogens (tertiary/aromatic N) is 1. The lowest BCUT2D eigenvalue weighted by Gasteiger charge is -2.16. The molecule has 0 spiro atoms. The minimum absolute atomic E-state index is 0.222. The molecule has 0 radical (unpaired) electrons. The summed E-state index contributed by atoms with van der Waals surface area (Å²) < 4.78 is 37.5. The summed E-state index contributed by atoms with van der Waals surface area (Å²) in [6.07, 6.45) is -8.15. The first-order chi connectivity index (χ1) is 7.77. The van der Waals surface area contributed by atoms with Gasteiger partial charge in [0.15, 0.2) is 6.10 Å². The number of rotatable bonds is 2. The van der Waals surface area contributed by atoms with Gasteiger partial charge < -0.3 is 15.9 Å².